The normalized spacial score (nSPS) is 17.1. The van der Waals surface area contributed by atoms with Crippen LogP contribution < -0.4 is 9.62 Å². The lowest BCUT2D eigenvalue weighted by atomic mass is 9.81. The minimum absolute atomic E-state index is 0.0239. The highest BCUT2D eigenvalue weighted by Crippen LogP contribution is 2.36. The number of halogens is 4. The fraction of sp³-hybridized carbons (Fsp3) is 0.433. The van der Waals surface area contributed by atoms with E-state index in [-0.39, 0.29) is 12.3 Å². The zero-order chi connectivity index (χ0) is 33.3. The molecule has 0 saturated carbocycles. The number of nitrogens with one attached hydrogen (secondary N) is 1. The van der Waals surface area contributed by atoms with E-state index in [0.29, 0.717) is 37.2 Å². The standard InChI is InChI=1S/C29H36F4N6O2S.CH2O2/c1-37(2)16-17-38(3)28(13-10-22-6-4-7-23(18-22)29(31,32)33)12-5-15-39(20-28)24-8-9-26(25(30)19-24)42(40,41)36-27-11-14-34-21-35-27;2-1-3/h4,6-9,11,14,18-19,21H,5,10,12-13,15-17,20H2,1-3H3,(H,34,35,36);1H,(H,2,3)/t28-;/m0./s1. The number of aryl methyl sites for hydroxylation is 1. The summed E-state index contributed by atoms with van der Waals surface area (Å²) in [6.45, 7) is 2.43. The number of carboxylic acid groups (broad SMARTS) is 1. The van der Waals surface area contributed by atoms with Crippen molar-refractivity contribution in [1.82, 2.24) is 19.8 Å². The van der Waals surface area contributed by atoms with E-state index in [9.17, 15) is 21.6 Å². The molecule has 0 radical (unpaired) electrons. The zero-order valence-electron chi connectivity index (χ0n) is 25.3. The van der Waals surface area contributed by atoms with Crippen LogP contribution in [0.5, 0.6) is 0 Å². The maximum Gasteiger partial charge on any atom is 0.416 e. The van der Waals surface area contributed by atoms with E-state index >= 15 is 4.39 Å². The van der Waals surface area contributed by atoms with Gasteiger partial charge in [-0.3, -0.25) is 14.4 Å². The highest BCUT2D eigenvalue weighted by atomic mass is 32.2. The van der Waals surface area contributed by atoms with Crippen LogP contribution in [0, 0.1) is 5.82 Å². The Labute approximate surface area is 260 Å². The SMILES string of the molecule is CN(C)CCN(C)[C@]1(CCc2cccc(C(F)(F)F)c2)CCCN(c2ccc(S(=O)(=O)Nc3ccncn3)c(F)c2)C1.O=CO. The molecule has 0 amide bonds. The van der Waals surface area contributed by atoms with Gasteiger partial charge in [0.2, 0.25) is 0 Å². The highest BCUT2D eigenvalue weighted by molar-refractivity contribution is 7.92. The first-order valence-corrected chi connectivity index (χ1v) is 15.6. The average molecular weight is 655 g/mol. The molecular formula is C30H38F4N6O4S. The van der Waals surface area contributed by atoms with Gasteiger partial charge in [0, 0.05) is 43.6 Å². The Balaban J connectivity index is 0.00000177. The van der Waals surface area contributed by atoms with Gasteiger partial charge in [-0.05, 0) is 82.7 Å². The van der Waals surface area contributed by atoms with Crippen LogP contribution in [0.2, 0.25) is 0 Å². The first kappa shape index (κ1) is 35.7. The fourth-order valence-corrected chi connectivity index (χ4v) is 6.42. The van der Waals surface area contributed by atoms with Gasteiger partial charge in [0.15, 0.2) is 0 Å². The molecule has 2 aromatic carbocycles. The summed E-state index contributed by atoms with van der Waals surface area (Å²) in [4.78, 5) is 21.8. The number of piperidine rings is 1. The smallest absolute Gasteiger partial charge is 0.416 e. The molecule has 1 aliphatic heterocycles. The lowest BCUT2D eigenvalue weighted by Crippen LogP contribution is -2.59. The van der Waals surface area contributed by atoms with Gasteiger partial charge in [0.1, 0.15) is 22.9 Å². The molecule has 1 aliphatic rings. The molecule has 15 heteroatoms. The second-order valence-electron chi connectivity index (χ2n) is 11.1. The molecule has 0 aliphatic carbocycles. The van der Waals surface area contributed by atoms with E-state index < -0.39 is 38.0 Å². The zero-order valence-corrected chi connectivity index (χ0v) is 26.2. The molecule has 1 atom stereocenters. The van der Waals surface area contributed by atoms with Crippen LogP contribution >= 0.6 is 0 Å². The molecule has 3 aromatic rings. The highest BCUT2D eigenvalue weighted by Gasteiger charge is 2.39. The van der Waals surface area contributed by atoms with Crippen molar-refractivity contribution < 1.29 is 35.9 Å². The van der Waals surface area contributed by atoms with Crippen LogP contribution in [-0.4, -0.2) is 92.6 Å². The molecule has 0 bridgehead atoms. The second-order valence-corrected chi connectivity index (χ2v) is 12.7. The number of rotatable bonds is 11. The van der Waals surface area contributed by atoms with E-state index in [1.807, 2.05) is 26.0 Å². The molecule has 0 unspecified atom stereocenters. The number of hydrogen-bond acceptors (Lipinski definition) is 8. The molecule has 45 heavy (non-hydrogen) atoms. The maximum atomic E-state index is 15.3. The number of aromatic nitrogens is 2. The molecule has 10 nitrogen and oxygen atoms in total. The van der Waals surface area contributed by atoms with Crippen molar-refractivity contribution in [2.75, 3.05) is 56.9 Å². The number of sulfonamides is 1. The van der Waals surface area contributed by atoms with Crippen molar-refractivity contribution >= 4 is 28.0 Å². The number of hydrogen-bond donors (Lipinski definition) is 2. The quantitative estimate of drug-likeness (QED) is 0.226. The summed E-state index contributed by atoms with van der Waals surface area (Å²) in [5, 5.41) is 6.89. The monoisotopic (exact) mass is 654 g/mol. The lowest BCUT2D eigenvalue weighted by Gasteiger charge is -2.49. The number of likely N-dealkylation sites (N-methyl/N-ethyl adjacent to an activating group) is 2. The van der Waals surface area contributed by atoms with E-state index in [2.05, 4.69) is 24.5 Å². The summed E-state index contributed by atoms with van der Waals surface area (Å²) in [5.41, 5.74) is 0.0925. The van der Waals surface area contributed by atoms with Crippen molar-refractivity contribution in [3.63, 3.8) is 0 Å². The topological polar surface area (TPSA) is 119 Å². The molecule has 2 heterocycles. The maximum absolute atomic E-state index is 15.3. The van der Waals surface area contributed by atoms with Crippen molar-refractivity contribution in [3.8, 4) is 0 Å². The number of anilines is 2. The summed E-state index contributed by atoms with van der Waals surface area (Å²) in [5.74, 6) is -0.869. The Bertz CT molecular complexity index is 1510. The van der Waals surface area contributed by atoms with Gasteiger partial charge in [0.05, 0.1) is 5.56 Å². The lowest BCUT2D eigenvalue weighted by molar-refractivity contribution is -0.137. The van der Waals surface area contributed by atoms with Gasteiger partial charge in [-0.1, -0.05) is 18.2 Å². The van der Waals surface area contributed by atoms with Crippen LogP contribution in [0.1, 0.15) is 30.4 Å². The van der Waals surface area contributed by atoms with Gasteiger partial charge in [0.25, 0.3) is 16.5 Å². The largest absolute Gasteiger partial charge is 0.483 e. The molecule has 246 valence electrons. The predicted molar refractivity (Wildman–Crippen MR) is 163 cm³/mol. The molecule has 1 aromatic heterocycles. The van der Waals surface area contributed by atoms with E-state index in [4.69, 9.17) is 9.90 Å². The van der Waals surface area contributed by atoms with Crippen molar-refractivity contribution in [2.45, 2.75) is 42.3 Å². The number of nitrogens with zero attached hydrogens (tertiary/aromatic N) is 5. The predicted octanol–water partition coefficient (Wildman–Crippen LogP) is 4.60. The Kier molecular flexibility index (Phi) is 12.2. The number of carbonyl (C=O) groups is 1. The third-order valence-corrected chi connectivity index (χ3v) is 9.16. The summed E-state index contributed by atoms with van der Waals surface area (Å²) >= 11 is 0. The molecular weight excluding hydrogens is 616 g/mol. The first-order chi connectivity index (χ1) is 21.2. The van der Waals surface area contributed by atoms with Gasteiger partial charge >= 0.3 is 6.18 Å². The Morgan fingerprint density at radius 1 is 1.11 bits per heavy atom. The molecule has 2 N–H and O–H groups in total. The molecule has 4 rings (SSSR count). The van der Waals surface area contributed by atoms with Crippen LogP contribution in [0.4, 0.5) is 29.1 Å². The summed E-state index contributed by atoms with van der Waals surface area (Å²) in [6.07, 6.45) is 0.802. The Morgan fingerprint density at radius 2 is 1.84 bits per heavy atom. The Hall–Kier alpha value is -3.82. The van der Waals surface area contributed by atoms with Crippen LogP contribution in [0.25, 0.3) is 0 Å². The van der Waals surface area contributed by atoms with Gasteiger partial charge < -0.3 is 14.9 Å². The Morgan fingerprint density at radius 3 is 2.47 bits per heavy atom. The third kappa shape index (κ3) is 9.83. The number of benzene rings is 2. The van der Waals surface area contributed by atoms with Crippen LogP contribution in [0.15, 0.2) is 66.0 Å². The van der Waals surface area contributed by atoms with E-state index in [0.717, 1.165) is 32.0 Å². The summed E-state index contributed by atoms with van der Waals surface area (Å²) < 4.78 is 83.2. The van der Waals surface area contributed by atoms with Gasteiger partial charge in [-0.2, -0.15) is 13.2 Å². The van der Waals surface area contributed by atoms with Crippen LogP contribution in [-0.2, 0) is 27.4 Å². The average Bonchev–Trinajstić information content (AvgIpc) is 2.99. The fourth-order valence-electron chi connectivity index (χ4n) is 5.35. The minimum Gasteiger partial charge on any atom is -0.483 e. The second kappa shape index (κ2) is 15.5. The summed E-state index contributed by atoms with van der Waals surface area (Å²) in [6, 6.07) is 10.8. The molecule has 1 fully saturated rings. The minimum atomic E-state index is -4.41. The molecule has 0 spiro atoms. The molecule has 1 saturated heterocycles. The van der Waals surface area contributed by atoms with E-state index in [1.54, 1.807) is 12.1 Å². The van der Waals surface area contributed by atoms with Gasteiger partial charge in [-0.15, -0.1) is 0 Å². The number of alkyl halides is 3. The van der Waals surface area contributed by atoms with Crippen molar-refractivity contribution in [2.24, 2.45) is 0 Å². The summed E-state index contributed by atoms with van der Waals surface area (Å²) in [7, 11) is 1.76. The van der Waals surface area contributed by atoms with Crippen LogP contribution in [0.3, 0.4) is 0 Å². The van der Waals surface area contributed by atoms with Crippen molar-refractivity contribution in [1.29, 1.82) is 0 Å². The first-order valence-electron chi connectivity index (χ1n) is 14.1. The van der Waals surface area contributed by atoms with E-state index in [1.165, 1.54) is 42.9 Å². The van der Waals surface area contributed by atoms with Crippen molar-refractivity contribution in [3.05, 3.63) is 78.0 Å². The third-order valence-electron chi connectivity index (χ3n) is 7.77. The van der Waals surface area contributed by atoms with Gasteiger partial charge in [-0.25, -0.2) is 22.8 Å².